The van der Waals surface area contributed by atoms with Crippen molar-refractivity contribution < 1.29 is 4.79 Å². The summed E-state index contributed by atoms with van der Waals surface area (Å²) in [4.78, 5) is 21.4. The molecule has 1 amide bonds. The molecular formula is C19H18N4O. The molecule has 1 aliphatic heterocycles. The van der Waals surface area contributed by atoms with Crippen molar-refractivity contribution >= 4 is 17.4 Å². The summed E-state index contributed by atoms with van der Waals surface area (Å²) in [5, 5.41) is 0. The highest BCUT2D eigenvalue weighted by atomic mass is 16.2. The zero-order valence-corrected chi connectivity index (χ0v) is 13.7. The molecule has 0 fully saturated rings. The minimum Gasteiger partial charge on any atom is -0.379 e. The number of rotatable bonds is 2. The van der Waals surface area contributed by atoms with Crippen molar-refractivity contribution in [1.29, 1.82) is 0 Å². The van der Waals surface area contributed by atoms with Crippen molar-refractivity contribution in [3.63, 3.8) is 0 Å². The largest absolute Gasteiger partial charge is 0.379 e. The molecule has 24 heavy (non-hydrogen) atoms. The summed E-state index contributed by atoms with van der Waals surface area (Å²) in [6.45, 7) is 9.60. The predicted molar refractivity (Wildman–Crippen MR) is 94.8 cm³/mol. The lowest BCUT2D eigenvalue weighted by Crippen LogP contribution is -2.50. The van der Waals surface area contributed by atoms with E-state index in [1.165, 1.54) is 0 Å². The highest BCUT2D eigenvalue weighted by molar-refractivity contribution is 6.37. The first-order chi connectivity index (χ1) is 11.4. The van der Waals surface area contributed by atoms with E-state index >= 15 is 0 Å². The predicted octanol–water partition coefficient (Wildman–Crippen LogP) is 2.95. The van der Waals surface area contributed by atoms with Gasteiger partial charge >= 0.3 is 0 Å². The molecule has 1 unspecified atom stereocenters. The average molecular weight is 318 g/mol. The number of carbonyl (C=O) groups excluding carboxylic acids is 1. The van der Waals surface area contributed by atoms with Crippen LogP contribution in [0, 0.1) is 6.57 Å². The number of amides is 1. The first-order valence-corrected chi connectivity index (χ1v) is 7.62. The number of amidine groups is 1. The second-order valence-electron chi connectivity index (χ2n) is 6.18. The molecule has 1 aliphatic rings. The third-order valence-corrected chi connectivity index (χ3v) is 4.27. The molecule has 120 valence electrons. The fourth-order valence-corrected chi connectivity index (χ4v) is 3.02. The van der Waals surface area contributed by atoms with Crippen LogP contribution < -0.4 is 5.73 Å². The molecule has 2 aromatic rings. The monoisotopic (exact) mass is 318 g/mol. The highest BCUT2D eigenvalue weighted by Gasteiger charge is 2.35. The molecule has 0 saturated carbocycles. The second kappa shape index (κ2) is 5.82. The van der Waals surface area contributed by atoms with Gasteiger partial charge in [0.2, 0.25) is 0 Å². The molecule has 2 N–H and O–H groups in total. The van der Waals surface area contributed by atoms with Crippen LogP contribution in [0.1, 0.15) is 12.5 Å². The van der Waals surface area contributed by atoms with Crippen LogP contribution in [0.4, 0.5) is 5.69 Å². The minimum atomic E-state index is -0.583. The first-order valence-electron chi connectivity index (χ1n) is 7.62. The number of hydrogen-bond acceptors (Lipinski definition) is 3. The van der Waals surface area contributed by atoms with Crippen molar-refractivity contribution in [3.8, 4) is 11.1 Å². The third-order valence-electron chi connectivity index (χ3n) is 4.27. The molecule has 0 aromatic heterocycles. The van der Waals surface area contributed by atoms with Crippen molar-refractivity contribution in [1.82, 2.24) is 4.90 Å². The molecule has 0 bridgehead atoms. The van der Waals surface area contributed by atoms with Gasteiger partial charge in [0.1, 0.15) is 5.54 Å². The lowest BCUT2D eigenvalue weighted by atomic mass is 9.88. The summed E-state index contributed by atoms with van der Waals surface area (Å²) in [7, 11) is 1.73. The molecule has 0 spiro atoms. The fraction of sp³-hybridized carbons (Fsp3) is 0.211. The molecule has 5 nitrogen and oxygen atoms in total. The van der Waals surface area contributed by atoms with Gasteiger partial charge in [-0.1, -0.05) is 36.4 Å². The van der Waals surface area contributed by atoms with Crippen LogP contribution in [0.5, 0.6) is 0 Å². The maximum absolute atomic E-state index is 11.8. The Balaban J connectivity index is 2.05. The summed E-state index contributed by atoms with van der Waals surface area (Å²) >= 11 is 0. The molecule has 1 heterocycles. The maximum Gasteiger partial charge on any atom is 0.288 e. The number of aliphatic imine (C=N–C) groups is 1. The van der Waals surface area contributed by atoms with E-state index in [4.69, 9.17) is 12.3 Å². The summed E-state index contributed by atoms with van der Waals surface area (Å²) in [6.07, 6.45) is 0. The van der Waals surface area contributed by atoms with Crippen LogP contribution in [0.15, 0.2) is 53.5 Å². The van der Waals surface area contributed by atoms with E-state index in [1.807, 2.05) is 49.4 Å². The van der Waals surface area contributed by atoms with E-state index in [9.17, 15) is 4.79 Å². The first kappa shape index (κ1) is 15.8. The van der Waals surface area contributed by atoms with Crippen LogP contribution >= 0.6 is 0 Å². The van der Waals surface area contributed by atoms with Gasteiger partial charge < -0.3 is 10.6 Å². The fourth-order valence-electron chi connectivity index (χ4n) is 3.02. The Morgan fingerprint density at radius 1 is 1.21 bits per heavy atom. The van der Waals surface area contributed by atoms with E-state index in [0.717, 1.165) is 16.7 Å². The van der Waals surface area contributed by atoms with Gasteiger partial charge in [0.15, 0.2) is 11.5 Å². The number of likely N-dealkylation sites (N-methyl/N-ethyl adjacent to an activating group) is 1. The smallest absolute Gasteiger partial charge is 0.288 e. The average Bonchev–Trinajstić information content (AvgIpc) is 2.60. The highest BCUT2D eigenvalue weighted by Crippen LogP contribution is 2.32. The van der Waals surface area contributed by atoms with E-state index < -0.39 is 5.54 Å². The molecule has 2 aromatic carbocycles. The van der Waals surface area contributed by atoms with Crippen LogP contribution in [-0.4, -0.2) is 30.2 Å². The molecule has 0 saturated heterocycles. The summed E-state index contributed by atoms with van der Waals surface area (Å²) in [5.41, 5.74) is 8.78. The third kappa shape index (κ3) is 2.74. The lowest BCUT2D eigenvalue weighted by Gasteiger charge is -2.35. The van der Waals surface area contributed by atoms with Gasteiger partial charge in [-0.2, -0.15) is 0 Å². The maximum atomic E-state index is 11.8. The summed E-state index contributed by atoms with van der Waals surface area (Å²) in [6, 6.07) is 15.5. The van der Waals surface area contributed by atoms with Crippen LogP contribution in [-0.2, 0) is 10.3 Å². The van der Waals surface area contributed by atoms with Crippen molar-refractivity contribution in [2.45, 2.75) is 12.5 Å². The van der Waals surface area contributed by atoms with Crippen molar-refractivity contribution in [3.05, 3.63) is 65.5 Å². The quantitative estimate of drug-likeness (QED) is 0.865. The SMILES string of the molecule is [C-]#[N+]c1cccc(-c2cccc(C3(C)CN(C)C(=O)C(N)=N3)c2)c1. The normalized spacial score (nSPS) is 20.5. The Bertz CT molecular complexity index is 881. The Kier molecular flexibility index (Phi) is 3.82. The van der Waals surface area contributed by atoms with E-state index in [-0.39, 0.29) is 11.7 Å². The van der Waals surface area contributed by atoms with E-state index in [1.54, 1.807) is 18.0 Å². The number of nitrogens with zero attached hydrogens (tertiary/aromatic N) is 3. The Morgan fingerprint density at radius 3 is 2.54 bits per heavy atom. The number of hydrogen-bond donors (Lipinski definition) is 1. The van der Waals surface area contributed by atoms with E-state index in [0.29, 0.717) is 12.2 Å². The number of benzene rings is 2. The number of carbonyl (C=O) groups is 1. The topological polar surface area (TPSA) is 63.0 Å². The van der Waals surface area contributed by atoms with Gasteiger partial charge in [0.25, 0.3) is 5.91 Å². The van der Waals surface area contributed by atoms with Crippen LogP contribution in [0.2, 0.25) is 0 Å². The lowest BCUT2D eigenvalue weighted by molar-refractivity contribution is -0.124. The zero-order chi connectivity index (χ0) is 17.3. The van der Waals surface area contributed by atoms with E-state index in [2.05, 4.69) is 9.84 Å². The van der Waals surface area contributed by atoms with Crippen LogP contribution in [0.3, 0.4) is 0 Å². The van der Waals surface area contributed by atoms with Crippen LogP contribution in [0.25, 0.3) is 16.0 Å². The molecule has 5 heteroatoms. The molecule has 0 aliphatic carbocycles. The summed E-state index contributed by atoms with van der Waals surface area (Å²) < 4.78 is 0. The molecule has 3 rings (SSSR count). The van der Waals surface area contributed by atoms with Gasteiger partial charge in [-0.3, -0.25) is 9.79 Å². The zero-order valence-electron chi connectivity index (χ0n) is 13.7. The van der Waals surface area contributed by atoms with Gasteiger partial charge in [0, 0.05) is 13.6 Å². The van der Waals surface area contributed by atoms with Gasteiger partial charge in [-0.25, -0.2) is 4.85 Å². The molecule has 1 atom stereocenters. The molecule has 0 radical (unpaired) electrons. The molecular weight excluding hydrogens is 300 g/mol. The Morgan fingerprint density at radius 2 is 1.88 bits per heavy atom. The number of nitrogens with two attached hydrogens (primary N) is 1. The van der Waals surface area contributed by atoms with Gasteiger partial charge in [-0.15, -0.1) is 0 Å². The van der Waals surface area contributed by atoms with Gasteiger partial charge in [0.05, 0.1) is 6.57 Å². The standard InChI is InChI=1S/C19H18N4O/c1-19(12-23(3)18(24)17(20)22-19)15-8-4-6-13(10-15)14-7-5-9-16(11-14)21-2/h4-11H,12H2,1,3H3,(H2,20,22). The second-order valence-corrected chi connectivity index (χ2v) is 6.18. The van der Waals surface area contributed by atoms with Gasteiger partial charge in [-0.05, 0) is 35.7 Å². The Hall–Kier alpha value is -3.13. The Labute approximate surface area is 141 Å². The van der Waals surface area contributed by atoms with Crippen molar-refractivity contribution in [2.24, 2.45) is 10.7 Å². The van der Waals surface area contributed by atoms with Crippen molar-refractivity contribution in [2.75, 3.05) is 13.6 Å². The minimum absolute atomic E-state index is 0.0339. The summed E-state index contributed by atoms with van der Waals surface area (Å²) in [5.74, 6) is -0.208.